The lowest BCUT2D eigenvalue weighted by Gasteiger charge is -2.37. The van der Waals surface area contributed by atoms with Crippen LogP contribution >= 0.6 is 10.7 Å². The van der Waals surface area contributed by atoms with Crippen LogP contribution in [-0.2, 0) is 9.05 Å². The van der Waals surface area contributed by atoms with E-state index in [0.29, 0.717) is 13.1 Å². The molecule has 0 unspecified atom stereocenters. The van der Waals surface area contributed by atoms with E-state index in [-0.39, 0.29) is 15.9 Å². The third-order valence-corrected chi connectivity index (χ3v) is 5.21. The predicted molar refractivity (Wildman–Crippen MR) is 78.4 cm³/mol. The summed E-state index contributed by atoms with van der Waals surface area (Å²) < 4.78 is 36.3. The van der Waals surface area contributed by atoms with Gasteiger partial charge in [-0.2, -0.15) is 0 Å². The van der Waals surface area contributed by atoms with Gasteiger partial charge in [0.05, 0.1) is 10.5 Å². The lowest BCUT2D eigenvalue weighted by molar-refractivity contribution is 0.0625. The van der Waals surface area contributed by atoms with Gasteiger partial charge in [-0.05, 0) is 36.5 Å². The van der Waals surface area contributed by atoms with Crippen LogP contribution in [0.1, 0.15) is 37.0 Å². The first-order valence-electron chi connectivity index (χ1n) is 6.64. The molecule has 1 heterocycles. The van der Waals surface area contributed by atoms with E-state index in [9.17, 15) is 17.6 Å². The summed E-state index contributed by atoms with van der Waals surface area (Å²) in [7, 11) is 1.15. The molecule has 2 rings (SSSR count). The number of amides is 1. The summed E-state index contributed by atoms with van der Waals surface area (Å²) in [5.74, 6) is -1.28. The van der Waals surface area contributed by atoms with Crippen LogP contribution in [0, 0.1) is 11.2 Å². The van der Waals surface area contributed by atoms with Gasteiger partial charge >= 0.3 is 0 Å². The van der Waals surface area contributed by atoms with Crippen LogP contribution in [0.15, 0.2) is 23.1 Å². The van der Waals surface area contributed by atoms with Gasteiger partial charge in [-0.3, -0.25) is 4.79 Å². The van der Waals surface area contributed by atoms with E-state index < -0.39 is 20.8 Å². The molecule has 1 saturated heterocycles. The van der Waals surface area contributed by atoms with Crippen LogP contribution in [0.2, 0.25) is 0 Å². The molecule has 0 bridgehead atoms. The van der Waals surface area contributed by atoms with Crippen LogP contribution in [0.25, 0.3) is 0 Å². The average molecular weight is 334 g/mol. The van der Waals surface area contributed by atoms with Crippen molar-refractivity contribution >= 4 is 25.6 Å². The molecule has 0 N–H and O–H groups in total. The Bertz CT molecular complexity index is 663. The van der Waals surface area contributed by atoms with E-state index in [0.717, 1.165) is 25.0 Å². The van der Waals surface area contributed by atoms with Gasteiger partial charge in [0, 0.05) is 23.8 Å². The average Bonchev–Trinajstić information content (AvgIpc) is 2.36. The molecule has 1 aliphatic rings. The van der Waals surface area contributed by atoms with Gasteiger partial charge in [-0.15, -0.1) is 0 Å². The zero-order valence-corrected chi connectivity index (χ0v) is 13.5. The van der Waals surface area contributed by atoms with E-state index in [2.05, 4.69) is 13.8 Å². The Balaban J connectivity index is 2.21. The molecule has 0 radical (unpaired) electrons. The molecule has 1 aliphatic heterocycles. The highest BCUT2D eigenvalue weighted by atomic mass is 35.7. The van der Waals surface area contributed by atoms with Crippen molar-refractivity contribution < 1.29 is 17.6 Å². The molecule has 0 spiro atoms. The van der Waals surface area contributed by atoms with E-state index >= 15 is 0 Å². The minimum absolute atomic E-state index is 0.126. The normalized spacial score (nSPS) is 18.6. The number of nitrogens with zero attached hydrogens (tertiary/aromatic N) is 1. The summed E-state index contributed by atoms with van der Waals surface area (Å²) in [6.45, 7) is 5.41. The number of benzene rings is 1. The Labute approximate surface area is 128 Å². The van der Waals surface area contributed by atoms with Crippen molar-refractivity contribution in [2.24, 2.45) is 5.41 Å². The van der Waals surface area contributed by atoms with Crippen LogP contribution in [0.3, 0.4) is 0 Å². The van der Waals surface area contributed by atoms with Crippen molar-refractivity contribution in [3.8, 4) is 0 Å². The number of halogens is 2. The zero-order chi connectivity index (χ0) is 15.8. The lowest BCUT2D eigenvalue weighted by atomic mass is 9.82. The van der Waals surface area contributed by atoms with Crippen LogP contribution < -0.4 is 0 Å². The fourth-order valence-corrected chi connectivity index (χ4v) is 3.07. The van der Waals surface area contributed by atoms with Crippen molar-refractivity contribution in [1.82, 2.24) is 4.90 Å². The first-order chi connectivity index (χ1) is 9.60. The maximum Gasteiger partial charge on any atom is 0.261 e. The highest BCUT2D eigenvalue weighted by Gasteiger charge is 2.29. The molecule has 1 aromatic carbocycles. The van der Waals surface area contributed by atoms with E-state index in [4.69, 9.17) is 10.7 Å². The van der Waals surface area contributed by atoms with Gasteiger partial charge in [-0.1, -0.05) is 13.8 Å². The molecule has 0 aromatic heterocycles. The number of hydrogen-bond acceptors (Lipinski definition) is 3. The van der Waals surface area contributed by atoms with E-state index in [1.807, 2.05) is 0 Å². The molecule has 116 valence electrons. The Morgan fingerprint density at radius 2 is 1.86 bits per heavy atom. The number of carbonyl (C=O) groups excluding carboxylic acids is 1. The number of piperidine rings is 1. The molecule has 4 nitrogen and oxygen atoms in total. The number of rotatable bonds is 2. The monoisotopic (exact) mass is 333 g/mol. The third kappa shape index (κ3) is 3.74. The highest BCUT2D eigenvalue weighted by Crippen LogP contribution is 2.30. The molecule has 1 aromatic rings. The molecule has 0 aliphatic carbocycles. The molecular weight excluding hydrogens is 317 g/mol. The van der Waals surface area contributed by atoms with Crippen molar-refractivity contribution in [1.29, 1.82) is 0 Å². The maximum atomic E-state index is 14.0. The van der Waals surface area contributed by atoms with Gasteiger partial charge in [0.15, 0.2) is 0 Å². The van der Waals surface area contributed by atoms with E-state index in [1.54, 1.807) is 4.90 Å². The largest absolute Gasteiger partial charge is 0.339 e. The smallest absolute Gasteiger partial charge is 0.261 e. The summed E-state index contributed by atoms with van der Waals surface area (Å²) in [6, 6.07) is 3.10. The number of hydrogen-bond donors (Lipinski definition) is 0. The summed E-state index contributed by atoms with van der Waals surface area (Å²) in [4.78, 5) is 13.5. The topological polar surface area (TPSA) is 54.5 Å². The summed E-state index contributed by atoms with van der Waals surface area (Å²) in [6.07, 6.45) is 1.71. The van der Waals surface area contributed by atoms with Crippen molar-refractivity contribution in [3.63, 3.8) is 0 Å². The molecular formula is C14H17ClFNO3S. The van der Waals surface area contributed by atoms with Gasteiger partial charge in [-0.25, -0.2) is 12.8 Å². The SMILES string of the molecule is CC1(C)CCN(C(=O)c2ccc(S(=O)(=O)Cl)cc2F)CC1. The van der Waals surface area contributed by atoms with Crippen molar-refractivity contribution in [3.05, 3.63) is 29.6 Å². The van der Waals surface area contributed by atoms with Gasteiger partial charge < -0.3 is 4.90 Å². The molecule has 1 fully saturated rings. The minimum atomic E-state index is -4.00. The van der Waals surface area contributed by atoms with Gasteiger partial charge in [0.25, 0.3) is 15.0 Å². The third-order valence-electron chi connectivity index (χ3n) is 3.86. The van der Waals surface area contributed by atoms with Crippen LogP contribution in [0.4, 0.5) is 4.39 Å². The second kappa shape index (κ2) is 5.57. The molecule has 7 heteroatoms. The highest BCUT2D eigenvalue weighted by molar-refractivity contribution is 8.13. The Hall–Kier alpha value is -1.14. The second-order valence-electron chi connectivity index (χ2n) is 6.04. The molecule has 0 saturated carbocycles. The summed E-state index contributed by atoms with van der Waals surface area (Å²) in [5, 5.41) is 0. The predicted octanol–water partition coefficient (Wildman–Crippen LogP) is 3.02. The second-order valence-corrected chi connectivity index (χ2v) is 8.60. The lowest BCUT2D eigenvalue weighted by Crippen LogP contribution is -2.41. The molecule has 0 atom stereocenters. The summed E-state index contributed by atoms with van der Waals surface area (Å²) >= 11 is 0. The fraction of sp³-hybridized carbons (Fsp3) is 0.500. The van der Waals surface area contributed by atoms with Crippen molar-refractivity contribution in [2.45, 2.75) is 31.6 Å². The van der Waals surface area contributed by atoms with Crippen LogP contribution in [0.5, 0.6) is 0 Å². The van der Waals surface area contributed by atoms with Gasteiger partial charge in [0.1, 0.15) is 5.82 Å². The molecule has 1 amide bonds. The number of carbonyl (C=O) groups is 1. The first-order valence-corrected chi connectivity index (χ1v) is 8.95. The van der Waals surface area contributed by atoms with Crippen LogP contribution in [-0.4, -0.2) is 32.3 Å². The standard InChI is InChI=1S/C14H17ClFNO3S/c1-14(2)5-7-17(8-6-14)13(18)11-4-3-10(9-12(11)16)21(15,19)20/h3-4,9H,5-8H2,1-2H3. The number of likely N-dealkylation sites (tertiary alicyclic amines) is 1. The Morgan fingerprint density at radius 1 is 1.29 bits per heavy atom. The van der Waals surface area contributed by atoms with E-state index in [1.165, 1.54) is 6.07 Å². The summed E-state index contributed by atoms with van der Waals surface area (Å²) in [5.41, 5.74) is 0.0603. The minimum Gasteiger partial charge on any atom is -0.339 e. The van der Waals surface area contributed by atoms with Gasteiger partial charge in [0.2, 0.25) is 0 Å². The fourth-order valence-electron chi connectivity index (χ4n) is 2.31. The zero-order valence-electron chi connectivity index (χ0n) is 11.9. The Kier molecular flexibility index (Phi) is 4.31. The molecule has 21 heavy (non-hydrogen) atoms. The Morgan fingerprint density at radius 3 is 2.33 bits per heavy atom. The first kappa shape index (κ1) is 16.2. The maximum absolute atomic E-state index is 14.0. The van der Waals surface area contributed by atoms with Crippen molar-refractivity contribution in [2.75, 3.05) is 13.1 Å². The quantitative estimate of drug-likeness (QED) is 0.782.